The van der Waals surface area contributed by atoms with E-state index in [-0.39, 0.29) is 5.92 Å². The second-order valence-electron chi connectivity index (χ2n) is 5.37. The van der Waals surface area contributed by atoms with E-state index in [9.17, 15) is 4.79 Å². The SMILES string of the molecule is CC(C)C(=O)CCCCc1ccc2c(c1)CCO2. The first-order valence-corrected chi connectivity index (χ1v) is 6.94. The number of hydrogen-bond acceptors (Lipinski definition) is 2. The van der Waals surface area contributed by atoms with Gasteiger partial charge in [-0.3, -0.25) is 4.79 Å². The van der Waals surface area contributed by atoms with Gasteiger partial charge >= 0.3 is 0 Å². The van der Waals surface area contributed by atoms with Crippen LogP contribution in [0.15, 0.2) is 18.2 Å². The minimum absolute atomic E-state index is 0.183. The quantitative estimate of drug-likeness (QED) is 0.717. The molecule has 0 N–H and O–H groups in total. The molecule has 0 saturated heterocycles. The van der Waals surface area contributed by atoms with E-state index in [1.165, 1.54) is 11.1 Å². The molecule has 18 heavy (non-hydrogen) atoms. The van der Waals surface area contributed by atoms with Crippen LogP contribution in [0.5, 0.6) is 5.75 Å². The third-order valence-electron chi connectivity index (χ3n) is 3.54. The summed E-state index contributed by atoms with van der Waals surface area (Å²) in [5.41, 5.74) is 2.71. The molecule has 0 radical (unpaired) electrons. The zero-order valence-electron chi connectivity index (χ0n) is 11.4. The van der Waals surface area contributed by atoms with Gasteiger partial charge in [0, 0.05) is 18.8 Å². The van der Waals surface area contributed by atoms with Crippen molar-refractivity contribution in [2.45, 2.75) is 46.0 Å². The van der Waals surface area contributed by atoms with E-state index in [1.54, 1.807) is 0 Å². The molecular formula is C16H22O2. The van der Waals surface area contributed by atoms with E-state index in [0.29, 0.717) is 5.78 Å². The lowest BCUT2D eigenvalue weighted by Gasteiger charge is -2.05. The molecule has 0 amide bonds. The number of fused-ring (bicyclic) bond motifs is 1. The Morgan fingerprint density at radius 3 is 2.94 bits per heavy atom. The maximum Gasteiger partial charge on any atom is 0.135 e. The van der Waals surface area contributed by atoms with Gasteiger partial charge in [0.1, 0.15) is 11.5 Å². The number of carbonyl (C=O) groups is 1. The van der Waals surface area contributed by atoms with E-state index in [0.717, 1.165) is 44.5 Å². The molecule has 0 unspecified atom stereocenters. The second-order valence-corrected chi connectivity index (χ2v) is 5.37. The standard InChI is InChI=1S/C16H22O2/c1-12(2)15(17)6-4-3-5-13-7-8-16-14(11-13)9-10-18-16/h7-8,11-12H,3-6,9-10H2,1-2H3. The molecule has 0 spiro atoms. The van der Waals surface area contributed by atoms with Crippen molar-refractivity contribution < 1.29 is 9.53 Å². The number of aryl methyl sites for hydroxylation is 1. The van der Waals surface area contributed by atoms with Crippen molar-refractivity contribution in [3.63, 3.8) is 0 Å². The minimum atomic E-state index is 0.183. The molecule has 1 aromatic carbocycles. The fourth-order valence-corrected chi connectivity index (χ4v) is 2.31. The van der Waals surface area contributed by atoms with Crippen LogP contribution in [0.2, 0.25) is 0 Å². The highest BCUT2D eigenvalue weighted by Gasteiger charge is 2.12. The Bertz CT molecular complexity index is 421. The first-order valence-electron chi connectivity index (χ1n) is 6.94. The van der Waals surface area contributed by atoms with Crippen LogP contribution in [-0.4, -0.2) is 12.4 Å². The predicted molar refractivity (Wildman–Crippen MR) is 73.0 cm³/mol. The topological polar surface area (TPSA) is 26.3 Å². The van der Waals surface area contributed by atoms with Crippen molar-refractivity contribution in [1.82, 2.24) is 0 Å². The summed E-state index contributed by atoms with van der Waals surface area (Å²) in [7, 11) is 0. The van der Waals surface area contributed by atoms with Crippen LogP contribution in [0.4, 0.5) is 0 Å². The van der Waals surface area contributed by atoms with Crippen molar-refractivity contribution in [3.8, 4) is 5.75 Å². The average molecular weight is 246 g/mol. The molecule has 0 saturated carbocycles. The van der Waals surface area contributed by atoms with Crippen molar-refractivity contribution in [2.75, 3.05) is 6.61 Å². The lowest BCUT2D eigenvalue weighted by molar-refractivity contribution is -0.122. The third-order valence-corrected chi connectivity index (χ3v) is 3.54. The van der Waals surface area contributed by atoms with Crippen LogP contribution in [-0.2, 0) is 17.6 Å². The van der Waals surface area contributed by atoms with Crippen molar-refractivity contribution in [3.05, 3.63) is 29.3 Å². The molecule has 0 aliphatic carbocycles. The van der Waals surface area contributed by atoms with Crippen molar-refractivity contribution in [1.29, 1.82) is 0 Å². The molecule has 1 aromatic rings. The third kappa shape index (κ3) is 3.34. The minimum Gasteiger partial charge on any atom is -0.493 e. The summed E-state index contributed by atoms with van der Waals surface area (Å²) >= 11 is 0. The summed E-state index contributed by atoms with van der Waals surface area (Å²) in [6.07, 6.45) is 4.93. The lowest BCUT2D eigenvalue weighted by Crippen LogP contribution is -2.06. The highest BCUT2D eigenvalue weighted by Crippen LogP contribution is 2.26. The summed E-state index contributed by atoms with van der Waals surface area (Å²) in [4.78, 5) is 11.5. The van der Waals surface area contributed by atoms with E-state index in [2.05, 4.69) is 18.2 Å². The number of benzene rings is 1. The fraction of sp³-hybridized carbons (Fsp3) is 0.562. The van der Waals surface area contributed by atoms with Gasteiger partial charge in [-0.1, -0.05) is 26.0 Å². The molecule has 2 nitrogen and oxygen atoms in total. The van der Waals surface area contributed by atoms with Crippen LogP contribution in [0.3, 0.4) is 0 Å². The predicted octanol–water partition coefficient (Wildman–Crippen LogP) is 3.56. The zero-order chi connectivity index (χ0) is 13.0. The number of carbonyl (C=O) groups excluding carboxylic acids is 1. The summed E-state index contributed by atoms with van der Waals surface area (Å²) in [5, 5.41) is 0. The molecule has 2 rings (SSSR count). The van der Waals surface area contributed by atoms with Crippen LogP contribution in [0, 0.1) is 5.92 Å². The molecule has 0 fully saturated rings. The number of hydrogen-bond donors (Lipinski definition) is 0. The molecule has 0 aromatic heterocycles. The Balaban J connectivity index is 1.75. The number of ether oxygens (including phenoxy) is 1. The molecule has 0 atom stereocenters. The smallest absolute Gasteiger partial charge is 0.135 e. The van der Waals surface area contributed by atoms with Gasteiger partial charge in [-0.2, -0.15) is 0 Å². The van der Waals surface area contributed by atoms with Gasteiger partial charge in [-0.15, -0.1) is 0 Å². The molecule has 0 bridgehead atoms. The molecule has 1 heterocycles. The summed E-state index contributed by atoms with van der Waals surface area (Å²) in [5.74, 6) is 1.62. The Labute approximate surface area is 109 Å². The Morgan fingerprint density at radius 2 is 2.17 bits per heavy atom. The van der Waals surface area contributed by atoms with E-state index >= 15 is 0 Å². The maximum atomic E-state index is 11.5. The molecular weight excluding hydrogens is 224 g/mol. The number of unbranched alkanes of at least 4 members (excludes halogenated alkanes) is 1. The largest absolute Gasteiger partial charge is 0.493 e. The Morgan fingerprint density at radius 1 is 1.33 bits per heavy atom. The fourth-order valence-electron chi connectivity index (χ4n) is 2.31. The van der Waals surface area contributed by atoms with Gasteiger partial charge in [-0.05, 0) is 36.5 Å². The normalized spacial score (nSPS) is 13.5. The average Bonchev–Trinajstić information content (AvgIpc) is 2.81. The zero-order valence-corrected chi connectivity index (χ0v) is 11.4. The van der Waals surface area contributed by atoms with Crippen LogP contribution in [0.1, 0.15) is 44.2 Å². The van der Waals surface area contributed by atoms with Gasteiger partial charge in [0.15, 0.2) is 0 Å². The molecule has 98 valence electrons. The van der Waals surface area contributed by atoms with Crippen LogP contribution < -0.4 is 4.74 Å². The second kappa shape index (κ2) is 6.03. The highest BCUT2D eigenvalue weighted by molar-refractivity contribution is 5.80. The van der Waals surface area contributed by atoms with Gasteiger partial charge in [0.05, 0.1) is 6.61 Å². The van der Waals surface area contributed by atoms with Gasteiger partial charge < -0.3 is 4.74 Å². The summed E-state index contributed by atoms with van der Waals surface area (Å²) < 4.78 is 5.49. The highest BCUT2D eigenvalue weighted by atomic mass is 16.5. The molecule has 2 heteroatoms. The van der Waals surface area contributed by atoms with Gasteiger partial charge in [-0.25, -0.2) is 0 Å². The Kier molecular flexibility index (Phi) is 4.40. The van der Waals surface area contributed by atoms with E-state index in [1.807, 2.05) is 13.8 Å². The molecule has 1 aliphatic heterocycles. The lowest BCUT2D eigenvalue weighted by atomic mass is 10.00. The number of rotatable bonds is 6. The molecule has 1 aliphatic rings. The van der Waals surface area contributed by atoms with Gasteiger partial charge in [0.2, 0.25) is 0 Å². The number of Topliss-reactive ketones (excluding diaryl/α,β-unsaturated/α-hetero) is 1. The first kappa shape index (κ1) is 13.1. The maximum absolute atomic E-state index is 11.5. The van der Waals surface area contributed by atoms with E-state index in [4.69, 9.17) is 4.74 Å². The van der Waals surface area contributed by atoms with E-state index < -0.39 is 0 Å². The van der Waals surface area contributed by atoms with Crippen LogP contribution in [0.25, 0.3) is 0 Å². The monoisotopic (exact) mass is 246 g/mol. The Hall–Kier alpha value is -1.31. The first-order chi connectivity index (χ1) is 8.66. The van der Waals surface area contributed by atoms with Crippen molar-refractivity contribution >= 4 is 5.78 Å². The summed E-state index contributed by atoms with van der Waals surface area (Å²) in [6, 6.07) is 6.48. The number of ketones is 1. The summed E-state index contributed by atoms with van der Waals surface area (Å²) in [6.45, 7) is 4.77. The van der Waals surface area contributed by atoms with Crippen molar-refractivity contribution in [2.24, 2.45) is 5.92 Å². The van der Waals surface area contributed by atoms with Gasteiger partial charge in [0.25, 0.3) is 0 Å². The van der Waals surface area contributed by atoms with Crippen LogP contribution >= 0.6 is 0 Å².